The minimum Gasteiger partial charge on any atom is -0.480 e. The largest absolute Gasteiger partial charge is 0.480 e. The molecule has 4 aromatic rings. The van der Waals surface area contributed by atoms with Crippen LogP contribution in [-0.2, 0) is 21.6 Å². The highest BCUT2D eigenvalue weighted by Crippen LogP contribution is 2.55. The average molecular weight is 558 g/mol. The number of fused-ring (bicyclic) bond motifs is 1. The fraction of sp³-hybridized carbons (Fsp3) is 0.385. The Bertz CT molecular complexity index is 1620. The first-order valence-electron chi connectivity index (χ1n) is 11.9. The highest BCUT2D eigenvalue weighted by Gasteiger charge is 2.53. The number of nitrogens with zero attached hydrogens (tertiary/aromatic N) is 3. The molecule has 1 aliphatic heterocycles. The van der Waals surface area contributed by atoms with Crippen LogP contribution in [0.1, 0.15) is 38.0 Å². The normalized spacial score (nSPS) is 20.1. The quantitative estimate of drug-likeness (QED) is 0.296. The number of benzene rings is 1. The molecule has 3 atom stereocenters. The van der Waals surface area contributed by atoms with Crippen molar-refractivity contribution in [2.24, 2.45) is 0 Å². The van der Waals surface area contributed by atoms with Crippen LogP contribution in [0.2, 0.25) is 0 Å². The second-order valence-corrected chi connectivity index (χ2v) is 12.5. The predicted octanol–water partition coefficient (Wildman–Crippen LogP) is 3.59. The molecule has 200 valence electrons. The van der Waals surface area contributed by atoms with E-state index in [4.69, 9.17) is 9.15 Å². The first kappa shape index (κ1) is 26.4. The van der Waals surface area contributed by atoms with Gasteiger partial charge in [-0.3, -0.25) is 9.36 Å². The van der Waals surface area contributed by atoms with E-state index in [0.717, 1.165) is 10.1 Å². The third-order valence-electron chi connectivity index (χ3n) is 6.86. The van der Waals surface area contributed by atoms with E-state index in [1.807, 2.05) is 37.3 Å². The van der Waals surface area contributed by atoms with E-state index in [1.54, 1.807) is 6.92 Å². The van der Waals surface area contributed by atoms with Crippen molar-refractivity contribution < 1.29 is 24.2 Å². The molecule has 1 aliphatic rings. The standard InChI is InChI=1S/C26H27N3O7S2/c1-14-17-20(31)29(25(2,3)22(32)33)24(34)28(21(17)37-18(14)19-27-10-11-35-19)12-16(15-8-6-5-7-9-15)36-23-26(4,13-30)38-23/h5-11,16,23,30H,12-13H2,1-4H3,(H,32,33)/t16-,23?,26-/m0/s1. The van der Waals surface area contributed by atoms with Gasteiger partial charge in [-0.2, -0.15) is 0 Å². The van der Waals surface area contributed by atoms with Crippen LogP contribution in [0.25, 0.3) is 21.0 Å². The molecule has 5 rings (SSSR count). The molecule has 1 fully saturated rings. The SMILES string of the molecule is Cc1c(-c2ncco2)sc2c1c(=O)n(C(C)(C)C(=O)O)c(=O)n2C[C@H](OC1S[C@@]1(C)CO)c1ccccc1. The summed E-state index contributed by atoms with van der Waals surface area (Å²) in [6.45, 7) is 6.22. The molecule has 0 saturated carbocycles. The Kier molecular flexibility index (Phi) is 6.62. The molecule has 0 radical (unpaired) electrons. The molecule has 0 bridgehead atoms. The van der Waals surface area contributed by atoms with Gasteiger partial charge in [0.15, 0.2) is 0 Å². The summed E-state index contributed by atoms with van der Waals surface area (Å²) in [7, 11) is 0. The van der Waals surface area contributed by atoms with Crippen LogP contribution < -0.4 is 11.2 Å². The Morgan fingerprint density at radius 2 is 2.00 bits per heavy atom. The Hall–Kier alpha value is -3.19. The molecular formula is C26H27N3O7S2. The van der Waals surface area contributed by atoms with Gasteiger partial charge in [0.25, 0.3) is 5.56 Å². The lowest BCUT2D eigenvalue weighted by molar-refractivity contribution is -0.146. The van der Waals surface area contributed by atoms with Crippen LogP contribution in [0.4, 0.5) is 0 Å². The van der Waals surface area contributed by atoms with E-state index < -0.39 is 33.6 Å². The lowest BCUT2D eigenvalue weighted by Gasteiger charge is -2.25. The van der Waals surface area contributed by atoms with Crippen LogP contribution in [-0.4, -0.2) is 47.1 Å². The highest BCUT2D eigenvalue weighted by atomic mass is 32.2. The summed E-state index contributed by atoms with van der Waals surface area (Å²) < 4.78 is 13.6. The minimum absolute atomic E-state index is 0.0128. The van der Waals surface area contributed by atoms with E-state index in [2.05, 4.69) is 4.98 Å². The summed E-state index contributed by atoms with van der Waals surface area (Å²) >= 11 is 2.67. The second kappa shape index (κ2) is 9.53. The van der Waals surface area contributed by atoms with Crippen LogP contribution >= 0.6 is 23.1 Å². The van der Waals surface area contributed by atoms with Crippen molar-refractivity contribution in [3.05, 3.63) is 74.8 Å². The number of carboxylic acids is 1. The zero-order chi connectivity index (χ0) is 27.4. The summed E-state index contributed by atoms with van der Waals surface area (Å²) in [4.78, 5) is 45.0. The number of thioether (sulfide) groups is 1. The zero-order valence-electron chi connectivity index (χ0n) is 21.2. The summed E-state index contributed by atoms with van der Waals surface area (Å²) in [5.41, 5.74) is -2.21. The van der Waals surface area contributed by atoms with Crippen molar-refractivity contribution in [1.82, 2.24) is 14.1 Å². The van der Waals surface area contributed by atoms with Crippen molar-refractivity contribution in [3.63, 3.8) is 0 Å². The monoisotopic (exact) mass is 557 g/mol. The Morgan fingerprint density at radius 1 is 1.29 bits per heavy atom. The van der Waals surface area contributed by atoms with Crippen LogP contribution in [0.15, 0.2) is 56.8 Å². The topological polar surface area (TPSA) is 137 Å². The molecule has 1 aromatic carbocycles. The smallest absolute Gasteiger partial charge is 0.333 e. The van der Waals surface area contributed by atoms with E-state index in [9.17, 15) is 24.6 Å². The number of carbonyl (C=O) groups is 1. The van der Waals surface area contributed by atoms with E-state index >= 15 is 0 Å². The fourth-order valence-corrected chi connectivity index (χ4v) is 6.40. The van der Waals surface area contributed by atoms with Gasteiger partial charge in [0.2, 0.25) is 5.89 Å². The zero-order valence-corrected chi connectivity index (χ0v) is 22.8. The van der Waals surface area contributed by atoms with Crippen molar-refractivity contribution in [2.75, 3.05) is 6.61 Å². The summed E-state index contributed by atoms with van der Waals surface area (Å²) in [5, 5.41) is 19.9. The van der Waals surface area contributed by atoms with Crippen LogP contribution in [0.3, 0.4) is 0 Å². The number of thiophene rings is 1. The number of aryl methyl sites for hydroxylation is 1. The number of hydrogen-bond acceptors (Lipinski definition) is 9. The number of carboxylic acid groups (broad SMARTS) is 1. The molecule has 10 nitrogen and oxygen atoms in total. The average Bonchev–Trinajstić information content (AvgIpc) is 3.19. The van der Waals surface area contributed by atoms with Crippen molar-refractivity contribution in [3.8, 4) is 10.8 Å². The maximum Gasteiger partial charge on any atom is 0.333 e. The molecule has 1 unspecified atom stereocenters. The van der Waals surface area contributed by atoms with Gasteiger partial charge < -0.3 is 19.4 Å². The summed E-state index contributed by atoms with van der Waals surface area (Å²) in [6, 6.07) is 9.35. The number of aromatic nitrogens is 3. The Balaban J connectivity index is 1.74. The lowest BCUT2D eigenvalue weighted by Crippen LogP contribution is -2.52. The number of aliphatic carboxylic acids is 1. The summed E-state index contributed by atoms with van der Waals surface area (Å²) in [6.07, 6.45) is 2.29. The third kappa shape index (κ3) is 4.31. The molecule has 3 aromatic heterocycles. The van der Waals surface area contributed by atoms with Gasteiger partial charge in [-0.25, -0.2) is 19.1 Å². The van der Waals surface area contributed by atoms with Gasteiger partial charge in [0, 0.05) is 0 Å². The van der Waals surface area contributed by atoms with Gasteiger partial charge in [-0.1, -0.05) is 30.3 Å². The second-order valence-electron chi connectivity index (χ2n) is 9.93. The van der Waals surface area contributed by atoms with E-state index in [-0.39, 0.29) is 24.0 Å². The Morgan fingerprint density at radius 3 is 2.58 bits per heavy atom. The fourth-order valence-electron chi connectivity index (χ4n) is 4.34. The number of aliphatic hydroxyl groups excluding tert-OH is 1. The van der Waals surface area contributed by atoms with Gasteiger partial charge >= 0.3 is 11.7 Å². The molecule has 2 N–H and O–H groups in total. The van der Waals surface area contributed by atoms with Crippen LogP contribution in [0, 0.1) is 6.92 Å². The molecule has 0 aliphatic carbocycles. The predicted molar refractivity (Wildman–Crippen MR) is 145 cm³/mol. The molecule has 4 heterocycles. The number of hydrogen-bond donors (Lipinski definition) is 2. The number of oxazole rings is 1. The molecule has 38 heavy (non-hydrogen) atoms. The van der Waals surface area contributed by atoms with Crippen molar-refractivity contribution >= 4 is 39.3 Å². The van der Waals surface area contributed by atoms with Gasteiger partial charge in [0.1, 0.15) is 28.2 Å². The maximum absolute atomic E-state index is 13.9. The molecular weight excluding hydrogens is 530 g/mol. The van der Waals surface area contributed by atoms with Crippen molar-refractivity contribution in [1.29, 1.82) is 0 Å². The van der Waals surface area contributed by atoms with Crippen LogP contribution in [0.5, 0.6) is 0 Å². The number of ether oxygens (including phenoxy) is 1. The number of aliphatic hydroxyl groups is 1. The molecule has 12 heteroatoms. The Labute approximate surface area is 225 Å². The highest BCUT2D eigenvalue weighted by molar-refractivity contribution is 8.08. The minimum atomic E-state index is -1.81. The van der Waals surface area contributed by atoms with Gasteiger partial charge in [-0.05, 0) is 38.8 Å². The third-order valence-corrected chi connectivity index (χ3v) is 9.64. The van der Waals surface area contributed by atoms with Crippen molar-refractivity contribution in [2.45, 2.75) is 56.1 Å². The van der Waals surface area contributed by atoms with Gasteiger partial charge in [-0.15, -0.1) is 23.1 Å². The van der Waals surface area contributed by atoms with E-state index in [0.29, 0.717) is 21.2 Å². The van der Waals surface area contributed by atoms with Gasteiger partial charge in [0.05, 0.1) is 34.4 Å². The van der Waals surface area contributed by atoms with E-state index in [1.165, 1.54) is 54.0 Å². The molecule has 0 amide bonds. The summed E-state index contributed by atoms with van der Waals surface area (Å²) in [5.74, 6) is -1.01. The first-order chi connectivity index (χ1) is 18.0. The molecule has 1 saturated heterocycles. The lowest BCUT2D eigenvalue weighted by atomic mass is 10.1. The maximum atomic E-state index is 13.9. The molecule has 0 spiro atoms. The first-order valence-corrected chi connectivity index (χ1v) is 13.6. The number of rotatable bonds is 9.